The average molecular weight is 377 g/mol. The molecule has 1 amide bonds. The minimum Gasteiger partial charge on any atom is -0.338 e. The van der Waals surface area contributed by atoms with Crippen LogP contribution in [0.4, 0.5) is 14.7 Å². The van der Waals surface area contributed by atoms with E-state index in [0.717, 1.165) is 5.69 Å². The second-order valence-corrected chi connectivity index (χ2v) is 6.76. The SMILES string of the molecule is C.Cc1cc(-n2c(NC(=O)CC3CC(F)(F)C3)nc3ccc(C)nc32)on1. The number of hydrogen-bond donors (Lipinski definition) is 1. The maximum absolute atomic E-state index is 13.0. The molecule has 1 aliphatic carbocycles. The normalized spacial score (nSPS) is 16.0. The summed E-state index contributed by atoms with van der Waals surface area (Å²) in [6, 6.07) is 5.31. The molecule has 0 atom stereocenters. The largest absolute Gasteiger partial charge is 0.338 e. The van der Waals surface area contributed by atoms with E-state index in [9.17, 15) is 13.6 Å². The van der Waals surface area contributed by atoms with Gasteiger partial charge in [0.05, 0.1) is 5.69 Å². The van der Waals surface area contributed by atoms with Crippen LogP contribution in [0.2, 0.25) is 0 Å². The summed E-state index contributed by atoms with van der Waals surface area (Å²) in [6.07, 6.45) is -0.474. The van der Waals surface area contributed by atoms with Crippen LogP contribution in [0.3, 0.4) is 0 Å². The van der Waals surface area contributed by atoms with Crippen molar-refractivity contribution in [2.45, 2.75) is 46.5 Å². The molecule has 0 aromatic carbocycles. The number of hydrogen-bond acceptors (Lipinski definition) is 5. The van der Waals surface area contributed by atoms with Crippen LogP contribution >= 0.6 is 0 Å². The molecule has 144 valence electrons. The Morgan fingerprint density at radius 2 is 2.04 bits per heavy atom. The predicted molar refractivity (Wildman–Crippen MR) is 96.0 cm³/mol. The van der Waals surface area contributed by atoms with Gasteiger partial charge >= 0.3 is 0 Å². The molecule has 0 unspecified atom stereocenters. The van der Waals surface area contributed by atoms with Crippen LogP contribution in [-0.4, -0.2) is 31.5 Å². The highest BCUT2D eigenvalue weighted by Crippen LogP contribution is 2.44. The van der Waals surface area contributed by atoms with Crippen LogP contribution < -0.4 is 5.32 Å². The maximum Gasteiger partial charge on any atom is 0.248 e. The molecule has 0 saturated heterocycles. The molecule has 7 nitrogen and oxygen atoms in total. The van der Waals surface area contributed by atoms with Crippen molar-refractivity contribution in [2.24, 2.45) is 5.92 Å². The number of fused-ring (bicyclic) bond motifs is 1. The van der Waals surface area contributed by atoms with Crippen molar-refractivity contribution in [1.29, 1.82) is 0 Å². The zero-order valence-corrected chi connectivity index (χ0v) is 14.3. The topological polar surface area (TPSA) is 85.8 Å². The van der Waals surface area contributed by atoms with Crippen LogP contribution in [0, 0.1) is 19.8 Å². The van der Waals surface area contributed by atoms with E-state index in [1.54, 1.807) is 23.6 Å². The first-order chi connectivity index (χ1) is 12.3. The minimum atomic E-state index is -2.64. The van der Waals surface area contributed by atoms with E-state index in [1.807, 2.05) is 13.0 Å². The van der Waals surface area contributed by atoms with E-state index < -0.39 is 5.92 Å². The number of carbonyl (C=O) groups is 1. The van der Waals surface area contributed by atoms with Crippen LogP contribution in [0.15, 0.2) is 22.7 Å². The third kappa shape index (κ3) is 3.67. The molecule has 1 fully saturated rings. The van der Waals surface area contributed by atoms with Gasteiger partial charge in [0.2, 0.25) is 23.7 Å². The van der Waals surface area contributed by atoms with E-state index in [0.29, 0.717) is 22.7 Å². The minimum absolute atomic E-state index is 0. The Balaban J connectivity index is 0.00000210. The van der Waals surface area contributed by atoms with Crippen molar-refractivity contribution >= 4 is 23.0 Å². The molecule has 27 heavy (non-hydrogen) atoms. The lowest BCUT2D eigenvalue weighted by atomic mass is 9.79. The summed E-state index contributed by atoms with van der Waals surface area (Å²) < 4.78 is 32.8. The summed E-state index contributed by atoms with van der Waals surface area (Å²) in [7, 11) is 0. The summed E-state index contributed by atoms with van der Waals surface area (Å²) >= 11 is 0. The first-order valence-electron chi connectivity index (χ1n) is 8.28. The Morgan fingerprint density at radius 3 is 2.67 bits per heavy atom. The fraction of sp³-hybridized carbons (Fsp3) is 0.444. The van der Waals surface area contributed by atoms with Crippen LogP contribution in [0.1, 0.15) is 38.1 Å². The molecule has 3 aromatic heterocycles. The predicted octanol–water partition coefficient (Wildman–Crippen LogP) is 4.04. The van der Waals surface area contributed by atoms with Gasteiger partial charge in [-0.15, -0.1) is 0 Å². The lowest BCUT2D eigenvalue weighted by Crippen LogP contribution is -2.37. The number of nitrogens with zero attached hydrogens (tertiary/aromatic N) is 4. The monoisotopic (exact) mass is 377 g/mol. The molecule has 1 saturated carbocycles. The van der Waals surface area contributed by atoms with Crippen LogP contribution in [0.5, 0.6) is 0 Å². The first kappa shape index (κ1) is 18.9. The quantitative estimate of drug-likeness (QED) is 0.742. The van der Waals surface area contributed by atoms with Crippen molar-refractivity contribution in [1.82, 2.24) is 19.7 Å². The van der Waals surface area contributed by atoms with Gasteiger partial charge in [-0.1, -0.05) is 12.6 Å². The Kier molecular flexibility index (Phi) is 4.71. The van der Waals surface area contributed by atoms with Gasteiger partial charge in [0.25, 0.3) is 0 Å². The van der Waals surface area contributed by atoms with Gasteiger partial charge in [-0.2, -0.15) is 0 Å². The number of aryl methyl sites for hydroxylation is 2. The molecule has 0 radical (unpaired) electrons. The van der Waals surface area contributed by atoms with Gasteiger partial charge < -0.3 is 4.52 Å². The molecule has 1 aliphatic rings. The number of halogens is 2. The molecule has 9 heteroatoms. The smallest absolute Gasteiger partial charge is 0.248 e. The number of pyridine rings is 1. The molecular weight excluding hydrogens is 356 g/mol. The number of alkyl halides is 2. The Hall–Kier alpha value is -2.84. The molecule has 0 spiro atoms. The van der Waals surface area contributed by atoms with Crippen LogP contribution in [0.25, 0.3) is 17.0 Å². The van der Waals surface area contributed by atoms with Gasteiger partial charge in [-0.25, -0.2) is 23.3 Å². The van der Waals surface area contributed by atoms with E-state index in [2.05, 4.69) is 20.4 Å². The van der Waals surface area contributed by atoms with Gasteiger partial charge in [-0.05, 0) is 31.9 Å². The summed E-state index contributed by atoms with van der Waals surface area (Å²) in [6.45, 7) is 3.62. The number of imidazole rings is 1. The third-order valence-electron chi connectivity index (χ3n) is 4.38. The standard InChI is InChI=1S/C17H17F2N5O2.CH4/c1-9-3-4-12-15(20-9)24(14-5-10(2)23-26-14)16(21-12)22-13(25)6-11-7-17(18,19)8-11;/h3-5,11H,6-8H2,1-2H3,(H,21,22,25);1H4. The second-order valence-electron chi connectivity index (χ2n) is 6.76. The lowest BCUT2D eigenvalue weighted by Gasteiger charge is -2.34. The summed E-state index contributed by atoms with van der Waals surface area (Å²) in [5.41, 5.74) is 2.55. The summed E-state index contributed by atoms with van der Waals surface area (Å²) in [5.74, 6) is -2.72. The fourth-order valence-electron chi connectivity index (χ4n) is 3.17. The zero-order chi connectivity index (χ0) is 18.5. The summed E-state index contributed by atoms with van der Waals surface area (Å²) in [5, 5.41) is 6.56. The molecule has 4 rings (SSSR count). The lowest BCUT2D eigenvalue weighted by molar-refractivity contribution is -0.129. The number of nitrogens with one attached hydrogen (secondary N) is 1. The van der Waals surface area contributed by atoms with E-state index in [4.69, 9.17) is 4.52 Å². The number of anilines is 1. The van der Waals surface area contributed by atoms with E-state index in [-0.39, 0.29) is 44.5 Å². The summed E-state index contributed by atoms with van der Waals surface area (Å²) in [4.78, 5) is 21.1. The first-order valence-corrected chi connectivity index (χ1v) is 8.28. The highest BCUT2D eigenvalue weighted by atomic mass is 19.3. The maximum atomic E-state index is 13.0. The highest BCUT2D eigenvalue weighted by Gasteiger charge is 2.45. The molecule has 3 aromatic rings. The van der Waals surface area contributed by atoms with Gasteiger partial charge in [0.1, 0.15) is 5.52 Å². The van der Waals surface area contributed by atoms with Crippen LogP contribution in [-0.2, 0) is 4.79 Å². The van der Waals surface area contributed by atoms with Crippen molar-refractivity contribution in [3.63, 3.8) is 0 Å². The number of amides is 1. The van der Waals surface area contributed by atoms with Crippen molar-refractivity contribution in [3.8, 4) is 5.88 Å². The van der Waals surface area contributed by atoms with E-state index in [1.165, 1.54) is 0 Å². The Bertz CT molecular complexity index is 987. The molecule has 0 bridgehead atoms. The van der Waals surface area contributed by atoms with Gasteiger partial charge in [0.15, 0.2) is 5.65 Å². The average Bonchev–Trinajstić information content (AvgIpc) is 3.08. The Labute approximate surface area is 154 Å². The zero-order valence-electron chi connectivity index (χ0n) is 14.3. The van der Waals surface area contributed by atoms with Gasteiger partial charge in [0, 0.05) is 31.0 Å². The molecular formula is C18H21F2N5O2. The molecule has 3 heterocycles. The number of aromatic nitrogens is 4. The Morgan fingerprint density at radius 1 is 1.30 bits per heavy atom. The van der Waals surface area contributed by atoms with Crippen molar-refractivity contribution in [3.05, 3.63) is 29.6 Å². The fourth-order valence-corrected chi connectivity index (χ4v) is 3.17. The molecule has 1 N–H and O–H groups in total. The van der Waals surface area contributed by atoms with E-state index >= 15 is 0 Å². The third-order valence-corrected chi connectivity index (χ3v) is 4.38. The number of carbonyl (C=O) groups excluding carboxylic acids is 1. The van der Waals surface area contributed by atoms with Gasteiger partial charge in [-0.3, -0.25) is 10.1 Å². The van der Waals surface area contributed by atoms with Crippen molar-refractivity contribution < 1.29 is 18.1 Å². The highest BCUT2D eigenvalue weighted by molar-refractivity contribution is 5.91. The number of rotatable bonds is 4. The second kappa shape index (κ2) is 6.71. The molecule has 0 aliphatic heterocycles. The van der Waals surface area contributed by atoms with Crippen molar-refractivity contribution in [2.75, 3.05) is 5.32 Å².